The fourth-order valence-corrected chi connectivity index (χ4v) is 5.08. The van der Waals surface area contributed by atoms with Gasteiger partial charge in [0.15, 0.2) is 5.69 Å². The van der Waals surface area contributed by atoms with Crippen LogP contribution in [0.4, 0.5) is 13.2 Å². The molecule has 0 bridgehead atoms. The van der Waals surface area contributed by atoms with Crippen molar-refractivity contribution in [2.75, 3.05) is 20.3 Å². The highest BCUT2D eigenvalue weighted by molar-refractivity contribution is 6.02. The molecule has 0 radical (unpaired) electrons. The quantitative estimate of drug-likeness (QED) is 0.524. The van der Waals surface area contributed by atoms with Crippen LogP contribution in [-0.4, -0.2) is 51.9 Å². The molecule has 0 saturated carbocycles. The SMILES string of the molecule is CCn1cc(-c2cc(C(=O)O)cc3c2CCN(C2CCOc4ccc(OC)cc42)C3=O)c(C(F)(F)F)n1. The van der Waals surface area contributed by atoms with Gasteiger partial charge in [0.25, 0.3) is 5.91 Å². The summed E-state index contributed by atoms with van der Waals surface area (Å²) >= 11 is 0. The smallest absolute Gasteiger partial charge is 0.435 e. The molecule has 3 aromatic rings. The van der Waals surface area contributed by atoms with Crippen molar-refractivity contribution in [3.63, 3.8) is 0 Å². The monoisotopic (exact) mass is 515 g/mol. The molecule has 8 nitrogen and oxygen atoms in total. The van der Waals surface area contributed by atoms with Gasteiger partial charge in [0, 0.05) is 42.4 Å². The summed E-state index contributed by atoms with van der Waals surface area (Å²) < 4.78 is 53.8. The fraction of sp³-hybridized carbons (Fsp3) is 0.346. The summed E-state index contributed by atoms with van der Waals surface area (Å²) in [5, 5.41) is 13.4. The number of nitrogens with zero attached hydrogens (tertiary/aromatic N) is 3. The predicted molar refractivity (Wildman–Crippen MR) is 126 cm³/mol. The van der Waals surface area contributed by atoms with Gasteiger partial charge in [-0.2, -0.15) is 18.3 Å². The number of carbonyl (C=O) groups excluding carboxylic acids is 1. The van der Waals surface area contributed by atoms with Gasteiger partial charge in [-0.15, -0.1) is 0 Å². The molecule has 2 aliphatic rings. The molecule has 0 aliphatic carbocycles. The van der Waals surface area contributed by atoms with E-state index in [1.807, 2.05) is 0 Å². The Morgan fingerprint density at radius 2 is 1.97 bits per heavy atom. The van der Waals surface area contributed by atoms with Crippen molar-refractivity contribution in [3.8, 4) is 22.6 Å². The highest BCUT2D eigenvalue weighted by atomic mass is 19.4. The fourth-order valence-electron chi connectivity index (χ4n) is 5.08. The van der Waals surface area contributed by atoms with Crippen LogP contribution in [0.2, 0.25) is 0 Å². The first-order chi connectivity index (χ1) is 17.6. The molecule has 0 spiro atoms. The van der Waals surface area contributed by atoms with E-state index in [2.05, 4.69) is 5.10 Å². The maximum atomic E-state index is 13.9. The van der Waals surface area contributed by atoms with Crippen molar-refractivity contribution in [2.24, 2.45) is 0 Å². The third-order valence-corrected chi connectivity index (χ3v) is 6.84. The van der Waals surface area contributed by atoms with E-state index in [4.69, 9.17) is 9.47 Å². The Labute approximate surface area is 210 Å². The predicted octanol–water partition coefficient (Wildman–Crippen LogP) is 4.82. The number of hydrogen-bond donors (Lipinski definition) is 1. The summed E-state index contributed by atoms with van der Waals surface area (Å²) in [6, 6.07) is 7.42. The first kappa shape index (κ1) is 24.7. The Balaban J connectivity index is 1.63. The van der Waals surface area contributed by atoms with Crippen molar-refractivity contribution in [3.05, 3.63) is 64.5 Å². The van der Waals surface area contributed by atoms with Crippen LogP contribution >= 0.6 is 0 Å². The number of rotatable bonds is 5. The number of fused-ring (bicyclic) bond motifs is 2. The van der Waals surface area contributed by atoms with Gasteiger partial charge in [-0.3, -0.25) is 9.48 Å². The molecule has 0 fully saturated rings. The minimum absolute atomic E-state index is 0.0592. The number of aromatic carboxylic acids is 1. The highest BCUT2D eigenvalue weighted by Crippen LogP contribution is 2.43. The molecule has 1 amide bonds. The number of hydrogen-bond acceptors (Lipinski definition) is 5. The molecule has 2 aromatic carbocycles. The lowest BCUT2D eigenvalue weighted by atomic mass is 9.86. The van der Waals surface area contributed by atoms with Crippen LogP contribution in [0, 0.1) is 0 Å². The largest absolute Gasteiger partial charge is 0.497 e. The summed E-state index contributed by atoms with van der Waals surface area (Å²) in [5.41, 5.74) is -0.338. The van der Waals surface area contributed by atoms with Gasteiger partial charge in [-0.25, -0.2) is 4.79 Å². The normalized spacial score (nSPS) is 17.2. The molecule has 2 aliphatic heterocycles. The number of aromatic nitrogens is 2. The summed E-state index contributed by atoms with van der Waals surface area (Å²) in [4.78, 5) is 27.4. The number of carboxylic acid groups (broad SMARTS) is 1. The second-order valence-corrected chi connectivity index (χ2v) is 8.91. The van der Waals surface area contributed by atoms with E-state index >= 15 is 0 Å². The van der Waals surface area contributed by atoms with Gasteiger partial charge >= 0.3 is 12.1 Å². The number of amides is 1. The number of methoxy groups -OCH3 is 1. The number of ether oxygens (including phenoxy) is 2. The van der Waals surface area contributed by atoms with Crippen molar-refractivity contribution in [2.45, 2.75) is 38.5 Å². The van der Waals surface area contributed by atoms with Crippen molar-refractivity contribution in [1.29, 1.82) is 0 Å². The molecule has 1 N–H and O–H groups in total. The topological polar surface area (TPSA) is 93.9 Å². The minimum Gasteiger partial charge on any atom is -0.497 e. The Morgan fingerprint density at radius 1 is 1.22 bits per heavy atom. The van der Waals surface area contributed by atoms with E-state index in [9.17, 15) is 27.9 Å². The zero-order valence-electron chi connectivity index (χ0n) is 20.1. The second-order valence-electron chi connectivity index (χ2n) is 8.91. The summed E-state index contributed by atoms with van der Waals surface area (Å²) in [7, 11) is 1.54. The highest BCUT2D eigenvalue weighted by Gasteiger charge is 2.40. The van der Waals surface area contributed by atoms with E-state index in [0.717, 1.165) is 10.2 Å². The van der Waals surface area contributed by atoms with E-state index in [-0.39, 0.29) is 47.8 Å². The maximum Gasteiger partial charge on any atom is 0.435 e. The molecule has 1 aromatic heterocycles. The number of carboxylic acids is 1. The molecule has 1 unspecified atom stereocenters. The molecule has 11 heteroatoms. The maximum absolute atomic E-state index is 13.9. The third kappa shape index (κ3) is 4.28. The molecular weight excluding hydrogens is 491 g/mol. The summed E-state index contributed by atoms with van der Waals surface area (Å²) in [6.07, 6.45) is -2.74. The number of carbonyl (C=O) groups is 2. The average Bonchev–Trinajstić information content (AvgIpc) is 3.33. The lowest BCUT2D eigenvalue weighted by Crippen LogP contribution is -2.42. The zero-order chi connectivity index (χ0) is 26.5. The molecule has 5 rings (SSSR count). The average molecular weight is 515 g/mol. The molecule has 1 atom stereocenters. The molecule has 194 valence electrons. The van der Waals surface area contributed by atoms with Crippen LogP contribution in [0.5, 0.6) is 11.5 Å². The second kappa shape index (κ2) is 9.13. The van der Waals surface area contributed by atoms with Crippen LogP contribution in [0.25, 0.3) is 11.1 Å². The molecular formula is C26H24F3N3O5. The van der Waals surface area contributed by atoms with Gasteiger partial charge < -0.3 is 19.5 Å². The van der Waals surface area contributed by atoms with Crippen LogP contribution in [0.3, 0.4) is 0 Å². The Bertz CT molecular complexity index is 1400. The van der Waals surface area contributed by atoms with Crippen molar-refractivity contribution >= 4 is 11.9 Å². The van der Waals surface area contributed by atoms with E-state index < -0.39 is 23.7 Å². The van der Waals surface area contributed by atoms with Gasteiger partial charge in [-0.1, -0.05) is 0 Å². The number of halogens is 3. The van der Waals surface area contributed by atoms with Crippen LogP contribution in [0.1, 0.15) is 56.9 Å². The van der Waals surface area contributed by atoms with Gasteiger partial charge in [0.1, 0.15) is 11.5 Å². The summed E-state index contributed by atoms with van der Waals surface area (Å²) in [5.74, 6) is -0.561. The van der Waals surface area contributed by atoms with Crippen LogP contribution in [0.15, 0.2) is 36.5 Å². The number of alkyl halides is 3. The number of benzene rings is 2. The number of aryl methyl sites for hydroxylation is 1. The lowest BCUT2D eigenvalue weighted by Gasteiger charge is -2.39. The van der Waals surface area contributed by atoms with Crippen LogP contribution in [-0.2, 0) is 19.1 Å². The van der Waals surface area contributed by atoms with E-state index in [1.54, 1.807) is 30.0 Å². The molecule has 3 heterocycles. The standard InChI is InChI=1S/C26H24F3N3O5/c1-3-31-13-20(23(30-31)26(27,28)29)17-10-14(25(34)35)11-18-16(17)6-8-32(24(18)33)21-7-9-37-22-5-4-15(36-2)12-19(21)22/h4-5,10-13,21H,3,6-9H2,1-2H3,(H,34,35). The summed E-state index contributed by atoms with van der Waals surface area (Å²) in [6.45, 7) is 2.48. The minimum atomic E-state index is -4.75. The van der Waals surface area contributed by atoms with Crippen molar-refractivity contribution < 1.29 is 37.3 Å². The first-order valence-electron chi connectivity index (χ1n) is 11.8. The Hall–Kier alpha value is -4.02. The lowest BCUT2D eigenvalue weighted by molar-refractivity contribution is -0.141. The molecule has 37 heavy (non-hydrogen) atoms. The third-order valence-electron chi connectivity index (χ3n) is 6.84. The Morgan fingerprint density at radius 3 is 2.65 bits per heavy atom. The van der Waals surface area contributed by atoms with Gasteiger partial charge in [0.05, 0.1) is 25.3 Å². The van der Waals surface area contributed by atoms with Crippen LogP contribution < -0.4 is 9.47 Å². The van der Waals surface area contributed by atoms with Gasteiger partial charge in [-0.05, 0) is 54.8 Å². The molecule has 0 saturated heterocycles. The van der Waals surface area contributed by atoms with Crippen molar-refractivity contribution in [1.82, 2.24) is 14.7 Å². The Kier molecular flexibility index (Phi) is 6.09. The van der Waals surface area contributed by atoms with Gasteiger partial charge in [0.2, 0.25) is 0 Å². The zero-order valence-corrected chi connectivity index (χ0v) is 20.1. The van der Waals surface area contributed by atoms with E-state index in [1.165, 1.54) is 25.4 Å². The first-order valence-corrected chi connectivity index (χ1v) is 11.8. The van der Waals surface area contributed by atoms with E-state index in [0.29, 0.717) is 30.1 Å².